The van der Waals surface area contributed by atoms with E-state index in [-0.39, 0.29) is 18.1 Å². The Balaban J connectivity index is 2.55. The molecule has 0 aliphatic rings. The first-order chi connectivity index (χ1) is 8.17. The fourth-order valence-electron chi connectivity index (χ4n) is 1.89. The molecule has 96 valence electrons. The van der Waals surface area contributed by atoms with E-state index in [1.807, 2.05) is 24.4 Å². The van der Waals surface area contributed by atoms with Crippen molar-refractivity contribution in [2.75, 3.05) is 13.2 Å². The fraction of sp³-hybridized carbons (Fsp3) is 0.643. The van der Waals surface area contributed by atoms with Gasteiger partial charge in [-0.3, -0.25) is 4.98 Å². The molecule has 0 fully saturated rings. The van der Waals surface area contributed by atoms with Crippen LogP contribution in [0.4, 0.5) is 0 Å². The number of hydrogen-bond donors (Lipinski definition) is 2. The van der Waals surface area contributed by atoms with E-state index in [0.29, 0.717) is 0 Å². The second-order valence-corrected chi connectivity index (χ2v) is 4.72. The van der Waals surface area contributed by atoms with E-state index in [1.54, 1.807) is 0 Å². The Morgan fingerprint density at radius 3 is 2.53 bits per heavy atom. The van der Waals surface area contributed by atoms with Gasteiger partial charge >= 0.3 is 0 Å². The fourth-order valence-corrected chi connectivity index (χ4v) is 1.89. The number of rotatable bonds is 7. The molecule has 0 aromatic carbocycles. The highest BCUT2D eigenvalue weighted by Crippen LogP contribution is 2.25. The minimum absolute atomic E-state index is 0.00302. The number of aliphatic hydroxyl groups is 1. The number of aromatic nitrogens is 1. The normalized spacial score (nSPS) is 13.6. The van der Waals surface area contributed by atoms with Crippen molar-refractivity contribution in [1.82, 2.24) is 10.3 Å². The third-order valence-corrected chi connectivity index (χ3v) is 3.75. The minimum Gasteiger partial charge on any atom is -0.396 e. The Bertz CT molecular complexity index is 301. The predicted octanol–water partition coefficient (Wildman–Crippen LogP) is 2.53. The van der Waals surface area contributed by atoms with Gasteiger partial charge in [0.2, 0.25) is 0 Å². The molecule has 1 rings (SSSR count). The first-order valence-corrected chi connectivity index (χ1v) is 6.42. The molecule has 1 aromatic heterocycles. The van der Waals surface area contributed by atoms with Crippen molar-refractivity contribution in [2.45, 2.75) is 39.7 Å². The van der Waals surface area contributed by atoms with Gasteiger partial charge in [-0.25, -0.2) is 0 Å². The van der Waals surface area contributed by atoms with E-state index in [9.17, 15) is 5.11 Å². The first kappa shape index (κ1) is 14.1. The van der Waals surface area contributed by atoms with Crippen molar-refractivity contribution in [3.8, 4) is 0 Å². The van der Waals surface area contributed by atoms with Crippen LogP contribution >= 0.6 is 0 Å². The van der Waals surface area contributed by atoms with Crippen molar-refractivity contribution in [3.05, 3.63) is 30.1 Å². The van der Waals surface area contributed by atoms with Crippen molar-refractivity contribution in [2.24, 2.45) is 5.41 Å². The second kappa shape index (κ2) is 6.72. The molecule has 1 unspecified atom stereocenters. The molecule has 3 heteroatoms. The standard InChI is InChI=1S/C14H24N2O/c1-4-14(5-2,11-17)10-16-12(3)13-8-6-7-9-15-13/h6-9,12,16-17H,4-5,10-11H2,1-3H3. The van der Waals surface area contributed by atoms with E-state index in [2.05, 4.69) is 31.1 Å². The van der Waals surface area contributed by atoms with E-state index in [1.165, 1.54) is 0 Å². The van der Waals surface area contributed by atoms with Crippen molar-refractivity contribution in [1.29, 1.82) is 0 Å². The van der Waals surface area contributed by atoms with Gasteiger partial charge in [-0.15, -0.1) is 0 Å². The molecule has 17 heavy (non-hydrogen) atoms. The molecule has 0 saturated carbocycles. The summed E-state index contributed by atoms with van der Waals surface area (Å²) in [6.45, 7) is 7.44. The lowest BCUT2D eigenvalue weighted by molar-refractivity contribution is 0.110. The van der Waals surface area contributed by atoms with Gasteiger partial charge in [0.05, 0.1) is 5.69 Å². The average molecular weight is 236 g/mol. The summed E-state index contributed by atoms with van der Waals surface area (Å²) in [5.74, 6) is 0. The SMILES string of the molecule is CCC(CC)(CO)CNC(C)c1ccccn1. The topological polar surface area (TPSA) is 45.1 Å². The molecular weight excluding hydrogens is 212 g/mol. The lowest BCUT2D eigenvalue weighted by atomic mass is 9.83. The Morgan fingerprint density at radius 2 is 2.06 bits per heavy atom. The van der Waals surface area contributed by atoms with Crippen LogP contribution in [-0.4, -0.2) is 23.2 Å². The molecule has 3 nitrogen and oxygen atoms in total. The summed E-state index contributed by atoms with van der Waals surface area (Å²) >= 11 is 0. The maximum Gasteiger partial charge on any atom is 0.0570 e. The van der Waals surface area contributed by atoms with Gasteiger partial charge in [-0.05, 0) is 31.9 Å². The molecule has 0 aliphatic heterocycles. The molecule has 0 aliphatic carbocycles. The largest absolute Gasteiger partial charge is 0.396 e. The summed E-state index contributed by atoms with van der Waals surface area (Å²) < 4.78 is 0. The van der Waals surface area contributed by atoms with Gasteiger partial charge in [-0.2, -0.15) is 0 Å². The lowest BCUT2D eigenvalue weighted by Gasteiger charge is -2.31. The van der Waals surface area contributed by atoms with Gasteiger partial charge in [0.15, 0.2) is 0 Å². The number of aliphatic hydroxyl groups excluding tert-OH is 1. The Hall–Kier alpha value is -0.930. The highest BCUT2D eigenvalue weighted by Gasteiger charge is 2.25. The zero-order valence-electron chi connectivity index (χ0n) is 11.1. The minimum atomic E-state index is 0.00302. The van der Waals surface area contributed by atoms with E-state index < -0.39 is 0 Å². The molecule has 0 radical (unpaired) electrons. The van der Waals surface area contributed by atoms with Crippen LogP contribution in [-0.2, 0) is 0 Å². The molecule has 1 atom stereocenters. The smallest absolute Gasteiger partial charge is 0.0570 e. The third-order valence-electron chi connectivity index (χ3n) is 3.75. The summed E-state index contributed by atoms with van der Waals surface area (Å²) in [6.07, 6.45) is 3.79. The molecule has 2 N–H and O–H groups in total. The molecule has 0 amide bonds. The molecule has 0 saturated heterocycles. The summed E-state index contributed by atoms with van der Waals surface area (Å²) in [5, 5.41) is 13.0. The summed E-state index contributed by atoms with van der Waals surface area (Å²) in [5.41, 5.74) is 1.05. The predicted molar refractivity (Wildman–Crippen MR) is 70.8 cm³/mol. The maximum absolute atomic E-state index is 9.50. The van der Waals surface area contributed by atoms with Crippen molar-refractivity contribution >= 4 is 0 Å². The van der Waals surface area contributed by atoms with Gasteiger partial charge < -0.3 is 10.4 Å². The van der Waals surface area contributed by atoms with Gasteiger partial charge in [0.1, 0.15) is 0 Å². The summed E-state index contributed by atoms with van der Waals surface area (Å²) in [7, 11) is 0. The van der Waals surface area contributed by atoms with E-state index >= 15 is 0 Å². The molecule has 0 spiro atoms. The van der Waals surface area contributed by atoms with E-state index in [0.717, 1.165) is 25.1 Å². The summed E-state index contributed by atoms with van der Waals surface area (Å²) in [4.78, 5) is 4.33. The number of nitrogens with zero attached hydrogens (tertiary/aromatic N) is 1. The van der Waals surface area contributed by atoms with Crippen LogP contribution in [0.15, 0.2) is 24.4 Å². The Labute approximate surface area is 104 Å². The molecule has 1 heterocycles. The first-order valence-electron chi connectivity index (χ1n) is 6.42. The number of nitrogens with one attached hydrogen (secondary N) is 1. The Kier molecular flexibility index (Phi) is 5.59. The zero-order valence-corrected chi connectivity index (χ0v) is 11.1. The van der Waals surface area contributed by atoms with Gasteiger partial charge in [-0.1, -0.05) is 19.9 Å². The van der Waals surface area contributed by atoms with Crippen LogP contribution in [0.25, 0.3) is 0 Å². The molecule has 0 bridgehead atoms. The highest BCUT2D eigenvalue weighted by atomic mass is 16.3. The highest BCUT2D eigenvalue weighted by molar-refractivity contribution is 5.07. The monoisotopic (exact) mass is 236 g/mol. The quantitative estimate of drug-likeness (QED) is 0.764. The molecular formula is C14H24N2O. The van der Waals surface area contributed by atoms with Gasteiger partial charge in [0.25, 0.3) is 0 Å². The van der Waals surface area contributed by atoms with Gasteiger partial charge in [0, 0.05) is 30.8 Å². The summed E-state index contributed by atoms with van der Waals surface area (Å²) in [6, 6.07) is 6.17. The van der Waals surface area contributed by atoms with Crippen LogP contribution in [0.3, 0.4) is 0 Å². The van der Waals surface area contributed by atoms with Crippen LogP contribution in [0.5, 0.6) is 0 Å². The van der Waals surface area contributed by atoms with Crippen molar-refractivity contribution in [3.63, 3.8) is 0 Å². The third kappa shape index (κ3) is 3.79. The van der Waals surface area contributed by atoms with Crippen molar-refractivity contribution < 1.29 is 5.11 Å². The molecule has 1 aromatic rings. The number of hydrogen-bond acceptors (Lipinski definition) is 3. The average Bonchev–Trinajstić information content (AvgIpc) is 2.41. The number of pyridine rings is 1. The van der Waals surface area contributed by atoms with Crippen LogP contribution < -0.4 is 5.32 Å². The zero-order chi connectivity index (χ0) is 12.7. The van der Waals surface area contributed by atoms with E-state index in [4.69, 9.17) is 0 Å². The Morgan fingerprint density at radius 1 is 1.35 bits per heavy atom. The second-order valence-electron chi connectivity index (χ2n) is 4.72. The maximum atomic E-state index is 9.50. The lowest BCUT2D eigenvalue weighted by Crippen LogP contribution is -2.37. The van der Waals surface area contributed by atoms with Crippen LogP contribution in [0.1, 0.15) is 45.3 Å². The van der Waals surface area contributed by atoms with Crippen LogP contribution in [0, 0.1) is 5.41 Å². The van der Waals surface area contributed by atoms with Crippen LogP contribution in [0.2, 0.25) is 0 Å².